The molecule has 10 nitrogen and oxygen atoms in total. The van der Waals surface area contributed by atoms with E-state index in [1.165, 1.54) is 11.0 Å². The Balaban J connectivity index is 1.27. The molecule has 2 aromatic heterocycles. The van der Waals surface area contributed by atoms with E-state index in [0.717, 1.165) is 43.2 Å². The number of rotatable bonds is 7. The Labute approximate surface area is 212 Å². The van der Waals surface area contributed by atoms with E-state index in [4.69, 9.17) is 33.7 Å². The Bertz CT molecular complexity index is 1310. The maximum atomic E-state index is 6.24. The SMILES string of the molecule is Nc1nc(Nc2ccc(N3CCOCC3)cc2)nn1-c1cc(NCc2cc(Cl)ccc2Cl)ncn1. The zero-order valence-corrected chi connectivity index (χ0v) is 20.2. The second-order valence-electron chi connectivity index (χ2n) is 7.83. The number of aromatic nitrogens is 5. The Morgan fingerprint density at radius 2 is 1.80 bits per heavy atom. The second kappa shape index (κ2) is 10.3. The molecule has 0 bridgehead atoms. The highest BCUT2D eigenvalue weighted by atomic mass is 35.5. The third kappa shape index (κ3) is 5.56. The maximum absolute atomic E-state index is 6.24. The molecule has 1 fully saturated rings. The smallest absolute Gasteiger partial charge is 0.248 e. The first-order chi connectivity index (χ1) is 17.0. The third-order valence-electron chi connectivity index (χ3n) is 5.47. The molecule has 180 valence electrons. The molecule has 35 heavy (non-hydrogen) atoms. The number of benzene rings is 2. The van der Waals surface area contributed by atoms with Crippen LogP contribution in [0.3, 0.4) is 0 Å². The average molecular weight is 512 g/mol. The molecule has 0 unspecified atom stereocenters. The van der Waals surface area contributed by atoms with Gasteiger partial charge in [0.1, 0.15) is 12.1 Å². The van der Waals surface area contributed by atoms with Gasteiger partial charge in [-0.3, -0.25) is 0 Å². The molecule has 0 atom stereocenters. The van der Waals surface area contributed by atoms with Crippen LogP contribution in [-0.2, 0) is 11.3 Å². The van der Waals surface area contributed by atoms with Crippen molar-refractivity contribution in [1.29, 1.82) is 0 Å². The normalized spacial score (nSPS) is 13.6. The van der Waals surface area contributed by atoms with Gasteiger partial charge >= 0.3 is 0 Å². The minimum Gasteiger partial charge on any atom is -0.378 e. The Kier molecular flexibility index (Phi) is 6.84. The summed E-state index contributed by atoms with van der Waals surface area (Å²) in [6, 6.07) is 15.1. The van der Waals surface area contributed by atoms with Gasteiger partial charge < -0.3 is 26.0 Å². The van der Waals surface area contributed by atoms with Crippen molar-refractivity contribution in [3.8, 4) is 5.82 Å². The maximum Gasteiger partial charge on any atom is 0.248 e. The highest BCUT2D eigenvalue weighted by Crippen LogP contribution is 2.23. The van der Waals surface area contributed by atoms with E-state index >= 15 is 0 Å². The molecule has 4 aromatic rings. The second-order valence-corrected chi connectivity index (χ2v) is 8.67. The van der Waals surface area contributed by atoms with E-state index in [1.54, 1.807) is 24.3 Å². The summed E-state index contributed by atoms with van der Waals surface area (Å²) in [5, 5.41) is 12.1. The van der Waals surface area contributed by atoms with E-state index < -0.39 is 0 Å². The first kappa shape index (κ1) is 23.2. The molecule has 1 aliphatic heterocycles. The zero-order valence-electron chi connectivity index (χ0n) is 18.7. The summed E-state index contributed by atoms with van der Waals surface area (Å²) in [6.45, 7) is 3.70. The number of nitrogens with zero attached hydrogens (tertiary/aromatic N) is 6. The van der Waals surface area contributed by atoms with Crippen LogP contribution in [0.15, 0.2) is 54.9 Å². The lowest BCUT2D eigenvalue weighted by atomic mass is 10.2. The van der Waals surface area contributed by atoms with Crippen molar-refractivity contribution in [1.82, 2.24) is 24.7 Å². The topological polar surface area (TPSA) is 119 Å². The largest absolute Gasteiger partial charge is 0.378 e. The number of anilines is 5. The lowest BCUT2D eigenvalue weighted by Gasteiger charge is -2.28. The number of hydrogen-bond acceptors (Lipinski definition) is 9. The number of hydrogen-bond donors (Lipinski definition) is 3. The molecule has 1 saturated heterocycles. The molecule has 2 aromatic carbocycles. The fraction of sp³-hybridized carbons (Fsp3) is 0.217. The van der Waals surface area contributed by atoms with Gasteiger partial charge in [0.15, 0.2) is 5.82 Å². The fourth-order valence-corrected chi connectivity index (χ4v) is 4.06. The van der Waals surface area contributed by atoms with Gasteiger partial charge in [-0.1, -0.05) is 23.2 Å². The average Bonchev–Trinajstić information content (AvgIpc) is 3.25. The van der Waals surface area contributed by atoms with Gasteiger partial charge in [-0.2, -0.15) is 9.67 Å². The molecular weight excluding hydrogens is 489 g/mol. The van der Waals surface area contributed by atoms with Crippen molar-refractivity contribution in [3.63, 3.8) is 0 Å². The number of morpholine rings is 1. The zero-order chi connectivity index (χ0) is 24.2. The van der Waals surface area contributed by atoms with E-state index in [1.807, 2.05) is 12.1 Å². The first-order valence-corrected chi connectivity index (χ1v) is 11.7. The summed E-state index contributed by atoms with van der Waals surface area (Å²) in [4.78, 5) is 15.1. The number of nitrogens with two attached hydrogens (primary N) is 1. The minimum absolute atomic E-state index is 0.194. The van der Waals surface area contributed by atoms with Gasteiger partial charge in [0.2, 0.25) is 11.9 Å². The molecule has 0 spiro atoms. The van der Waals surface area contributed by atoms with Crippen LogP contribution in [0.2, 0.25) is 10.0 Å². The van der Waals surface area contributed by atoms with Crippen molar-refractivity contribution in [2.24, 2.45) is 0 Å². The predicted octanol–water partition coefficient (Wildman–Crippen LogP) is 4.14. The van der Waals surface area contributed by atoms with Gasteiger partial charge in [-0.05, 0) is 48.0 Å². The molecule has 0 amide bonds. The molecule has 5 rings (SSSR count). The van der Waals surface area contributed by atoms with E-state index in [-0.39, 0.29) is 5.95 Å². The lowest BCUT2D eigenvalue weighted by molar-refractivity contribution is 0.122. The summed E-state index contributed by atoms with van der Waals surface area (Å²) in [7, 11) is 0. The standard InChI is InChI=1S/C23H23Cl2N9O/c24-16-1-6-19(25)15(11-16)13-27-20-12-21(29-14-28-20)34-22(26)31-23(32-34)30-17-2-4-18(5-3-17)33-7-9-35-10-8-33/h1-6,11-12,14H,7-10,13H2,(H,27,28,29)(H3,26,30,31,32). The monoisotopic (exact) mass is 511 g/mol. The predicted molar refractivity (Wildman–Crippen MR) is 138 cm³/mol. The Morgan fingerprint density at radius 3 is 2.60 bits per heavy atom. The van der Waals surface area contributed by atoms with Gasteiger partial charge in [-0.15, -0.1) is 5.10 Å². The molecular formula is C23H23Cl2N9O. The molecule has 12 heteroatoms. The van der Waals surface area contributed by atoms with Crippen molar-refractivity contribution in [3.05, 3.63) is 70.5 Å². The highest BCUT2D eigenvalue weighted by molar-refractivity contribution is 6.33. The van der Waals surface area contributed by atoms with Gasteiger partial charge in [0, 0.05) is 47.1 Å². The molecule has 0 radical (unpaired) electrons. The van der Waals surface area contributed by atoms with Gasteiger partial charge in [0.05, 0.1) is 13.2 Å². The van der Waals surface area contributed by atoms with Gasteiger partial charge in [0.25, 0.3) is 0 Å². The molecule has 0 aliphatic carbocycles. The van der Waals surface area contributed by atoms with Crippen LogP contribution in [0.25, 0.3) is 5.82 Å². The van der Waals surface area contributed by atoms with Crippen molar-refractivity contribution >= 4 is 52.3 Å². The molecule has 4 N–H and O–H groups in total. The molecule has 0 saturated carbocycles. The number of halogens is 2. The number of nitrogens with one attached hydrogen (secondary N) is 2. The lowest BCUT2D eigenvalue weighted by Crippen LogP contribution is -2.36. The van der Waals surface area contributed by atoms with Crippen molar-refractivity contribution in [2.75, 3.05) is 47.6 Å². The van der Waals surface area contributed by atoms with Crippen LogP contribution in [0, 0.1) is 0 Å². The summed E-state index contributed by atoms with van der Waals surface area (Å²) >= 11 is 12.3. The minimum atomic E-state index is 0.194. The number of ether oxygens (including phenoxy) is 1. The molecule has 1 aliphatic rings. The third-order valence-corrected chi connectivity index (χ3v) is 6.07. The van der Waals surface area contributed by atoms with Crippen LogP contribution in [0.4, 0.5) is 29.1 Å². The Hall–Kier alpha value is -3.60. The molecule has 3 heterocycles. The van der Waals surface area contributed by atoms with Crippen molar-refractivity contribution in [2.45, 2.75) is 6.54 Å². The number of nitrogen functional groups attached to an aromatic ring is 1. The summed E-state index contributed by atoms with van der Waals surface area (Å²) in [5.41, 5.74) is 8.97. The first-order valence-electron chi connectivity index (χ1n) is 11.0. The summed E-state index contributed by atoms with van der Waals surface area (Å²) in [6.07, 6.45) is 1.43. The van der Waals surface area contributed by atoms with E-state index in [0.29, 0.717) is 34.2 Å². The Morgan fingerprint density at radius 1 is 1.00 bits per heavy atom. The van der Waals surface area contributed by atoms with Crippen LogP contribution >= 0.6 is 23.2 Å². The quantitative estimate of drug-likeness (QED) is 0.336. The van der Waals surface area contributed by atoms with Crippen LogP contribution < -0.4 is 21.3 Å². The summed E-state index contributed by atoms with van der Waals surface area (Å²) in [5.74, 6) is 1.61. The van der Waals surface area contributed by atoms with Crippen LogP contribution in [-0.4, -0.2) is 51.0 Å². The summed E-state index contributed by atoms with van der Waals surface area (Å²) < 4.78 is 6.86. The highest BCUT2D eigenvalue weighted by Gasteiger charge is 2.13. The van der Waals surface area contributed by atoms with Crippen molar-refractivity contribution < 1.29 is 4.74 Å². The fourth-order valence-electron chi connectivity index (χ4n) is 3.68. The van der Waals surface area contributed by atoms with Crippen LogP contribution in [0.5, 0.6) is 0 Å². The van der Waals surface area contributed by atoms with E-state index in [2.05, 4.69) is 47.7 Å². The van der Waals surface area contributed by atoms with E-state index in [9.17, 15) is 0 Å². The van der Waals surface area contributed by atoms with Gasteiger partial charge in [-0.25, -0.2) is 9.97 Å². The van der Waals surface area contributed by atoms with Crippen LogP contribution in [0.1, 0.15) is 5.56 Å².